The van der Waals surface area contributed by atoms with Crippen LogP contribution in [0.3, 0.4) is 0 Å². The summed E-state index contributed by atoms with van der Waals surface area (Å²) in [6.45, 7) is 0.212. The molecule has 0 aromatic heterocycles. The first kappa shape index (κ1) is 17.1. The summed E-state index contributed by atoms with van der Waals surface area (Å²) in [5.74, 6) is -0.178. The minimum atomic E-state index is -4.28. The van der Waals surface area contributed by atoms with Crippen molar-refractivity contribution >= 4 is 5.91 Å². The molecule has 0 spiro atoms. The molecule has 1 amide bonds. The van der Waals surface area contributed by atoms with Gasteiger partial charge in [-0.3, -0.25) is 4.79 Å². The quantitative estimate of drug-likeness (QED) is 0.562. The summed E-state index contributed by atoms with van der Waals surface area (Å²) < 4.78 is 44.2. The molecule has 0 saturated heterocycles. The van der Waals surface area contributed by atoms with Crippen LogP contribution in [0.5, 0.6) is 0 Å². The normalized spacial score (nSPS) is 11.6. The van der Waals surface area contributed by atoms with Crippen LogP contribution in [0.2, 0.25) is 0 Å². The molecule has 5 nitrogen and oxygen atoms in total. The van der Waals surface area contributed by atoms with Crippen LogP contribution < -0.4 is 10.6 Å². The first-order valence-electron chi connectivity index (χ1n) is 5.56. The highest BCUT2D eigenvalue weighted by Gasteiger charge is 2.27. The van der Waals surface area contributed by atoms with Gasteiger partial charge in [-0.15, -0.1) is 0 Å². The third-order valence-corrected chi connectivity index (χ3v) is 1.82. The van der Waals surface area contributed by atoms with Crippen LogP contribution in [0.4, 0.5) is 13.2 Å². The topological polar surface area (TPSA) is 59.6 Å². The summed E-state index contributed by atoms with van der Waals surface area (Å²) in [6, 6.07) is 0. The van der Waals surface area contributed by atoms with Crippen LogP contribution in [-0.4, -0.2) is 58.6 Å². The Morgan fingerprint density at radius 1 is 1.22 bits per heavy atom. The Morgan fingerprint density at radius 3 is 2.56 bits per heavy atom. The van der Waals surface area contributed by atoms with Crippen LogP contribution in [0.1, 0.15) is 6.42 Å². The number of hydrogen-bond acceptors (Lipinski definition) is 4. The highest BCUT2D eigenvalue weighted by atomic mass is 19.4. The minimum Gasteiger partial charge on any atom is -0.383 e. The Hall–Kier alpha value is -0.860. The maximum atomic E-state index is 11.7. The van der Waals surface area contributed by atoms with Crippen molar-refractivity contribution < 1.29 is 27.4 Å². The van der Waals surface area contributed by atoms with Gasteiger partial charge in [-0.25, -0.2) is 0 Å². The lowest BCUT2D eigenvalue weighted by Gasteiger charge is -2.08. The fraction of sp³-hybridized carbons (Fsp3) is 0.900. The fourth-order valence-electron chi connectivity index (χ4n) is 1.04. The zero-order chi connectivity index (χ0) is 13.9. The highest BCUT2D eigenvalue weighted by molar-refractivity contribution is 5.77. The van der Waals surface area contributed by atoms with E-state index in [0.717, 1.165) is 0 Å². The first-order chi connectivity index (χ1) is 8.45. The van der Waals surface area contributed by atoms with Gasteiger partial charge in [0, 0.05) is 20.3 Å². The lowest BCUT2D eigenvalue weighted by Crippen LogP contribution is -2.36. The molecular formula is C10H19F3N2O3. The first-order valence-corrected chi connectivity index (χ1v) is 5.56. The van der Waals surface area contributed by atoms with Crippen molar-refractivity contribution in [3.8, 4) is 0 Å². The van der Waals surface area contributed by atoms with E-state index in [-0.39, 0.29) is 19.1 Å². The summed E-state index contributed by atoms with van der Waals surface area (Å²) in [5, 5.41) is 5.39. The summed E-state index contributed by atoms with van der Waals surface area (Å²) in [4.78, 5) is 11.1. The monoisotopic (exact) mass is 272 g/mol. The van der Waals surface area contributed by atoms with Gasteiger partial charge in [0.1, 0.15) is 6.61 Å². The number of carbonyl (C=O) groups is 1. The second-order valence-electron chi connectivity index (χ2n) is 3.54. The molecule has 0 aliphatic carbocycles. The van der Waals surface area contributed by atoms with Gasteiger partial charge in [0.05, 0.1) is 13.2 Å². The van der Waals surface area contributed by atoms with E-state index in [1.165, 1.54) is 7.11 Å². The van der Waals surface area contributed by atoms with E-state index in [9.17, 15) is 18.0 Å². The molecule has 0 fully saturated rings. The SMILES string of the molecule is COCCNC(=O)CNCCCOCC(F)(F)F. The Balaban J connectivity index is 3.22. The largest absolute Gasteiger partial charge is 0.411 e. The summed E-state index contributed by atoms with van der Waals surface area (Å²) >= 11 is 0. The molecule has 18 heavy (non-hydrogen) atoms. The molecule has 0 rings (SSSR count). The van der Waals surface area contributed by atoms with E-state index in [1.807, 2.05) is 0 Å². The number of hydrogen-bond donors (Lipinski definition) is 2. The predicted molar refractivity (Wildman–Crippen MR) is 59.2 cm³/mol. The molecule has 0 atom stereocenters. The van der Waals surface area contributed by atoms with E-state index in [2.05, 4.69) is 15.4 Å². The molecule has 0 saturated carbocycles. The van der Waals surface area contributed by atoms with E-state index < -0.39 is 12.8 Å². The van der Waals surface area contributed by atoms with E-state index in [4.69, 9.17) is 4.74 Å². The van der Waals surface area contributed by atoms with Crippen molar-refractivity contribution in [1.29, 1.82) is 0 Å². The van der Waals surface area contributed by atoms with Gasteiger partial charge < -0.3 is 20.1 Å². The van der Waals surface area contributed by atoms with Crippen molar-refractivity contribution in [1.82, 2.24) is 10.6 Å². The van der Waals surface area contributed by atoms with Crippen LogP contribution >= 0.6 is 0 Å². The molecule has 108 valence electrons. The average Bonchev–Trinajstić information content (AvgIpc) is 2.26. The fourth-order valence-corrected chi connectivity index (χ4v) is 1.04. The number of alkyl halides is 3. The molecule has 8 heteroatoms. The lowest BCUT2D eigenvalue weighted by atomic mass is 10.4. The highest BCUT2D eigenvalue weighted by Crippen LogP contribution is 2.14. The molecular weight excluding hydrogens is 253 g/mol. The van der Waals surface area contributed by atoms with Crippen molar-refractivity contribution in [2.45, 2.75) is 12.6 Å². The van der Waals surface area contributed by atoms with Crippen molar-refractivity contribution in [3.05, 3.63) is 0 Å². The second-order valence-corrected chi connectivity index (χ2v) is 3.54. The van der Waals surface area contributed by atoms with Crippen LogP contribution in [0.15, 0.2) is 0 Å². The van der Waals surface area contributed by atoms with Gasteiger partial charge in [0.25, 0.3) is 0 Å². The van der Waals surface area contributed by atoms with E-state index in [1.54, 1.807) is 0 Å². The zero-order valence-electron chi connectivity index (χ0n) is 10.3. The van der Waals surface area contributed by atoms with Crippen LogP contribution in [0, 0.1) is 0 Å². The van der Waals surface area contributed by atoms with Crippen molar-refractivity contribution in [2.75, 3.05) is 46.6 Å². The number of ether oxygens (including phenoxy) is 2. The maximum Gasteiger partial charge on any atom is 0.411 e. The molecule has 0 aromatic rings. The molecule has 2 N–H and O–H groups in total. The molecule has 0 aliphatic heterocycles. The number of amides is 1. The third kappa shape index (κ3) is 13.2. The number of carbonyl (C=O) groups excluding carboxylic acids is 1. The van der Waals surface area contributed by atoms with Gasteiger partial charge in [-0.2, -0.15) is 13.2 Å². The Kier molecular flexibility index (Phi) is 9.62. The average molecular weight is 272 g/mol. The lowest BCUT2D eigenvalue weighted by molar-refractivity contribution is -0.173. The Bertz CT molecular complexity index is 225. The van der Waals surface area contributed by atoms with Gasteiger partial charge >= 0.3 is 6.18 Å². The summed E-state index contributed by atoms with van der Waals surface area (Å²) in [7, 11) is 1.53. The standard InChI is InChI=1S/C10H19F3N2O3/c1-17-6-4-15-9(16)7-14-3-2-5-18-8-10(11,12)13/h14H,2-8H2,1H3,(H,15,16). The molecule has 0 aromatic carbocycles. The number of rotatable bonds is 10. The molecule has 0 radical (unpaired) electrons. The number of nitrogens with one attached hydrogen (secondary N) is 2. The summed E-state index contributed by atoms with van der Waals surface area (Å²) in [6.07, 6.45) is -3.86. The third-order valence-electron chi connectivity index (χ3n) is 1.82. The second kappa shape index (κ2) is 10.1. The number of methoxy groups -OCH3 is 1. The van der Waals surface area contributed by atoms with Gasteiger partial charge in [0.15, 0.2) is 0 Å². The van der Waals surface area contributed by atoms with Gasteiger partial charge in [-0.1, -0.05) is 0 Å². The maximum absolute atomic E-state index is 11.7. The number of halogens is 3. The Labute approximate surface area is 104 Å². The van der Waals surface area contributed by atoms with Gasteiger partial charge in [0.2, 0.25) is 5.91 Å². The predicted octanol–water partition coefficient (Wildman–Crippen LogP) is 0.308. The molecule has 0 aliphatic rings. The minimum absolute atomic E-state index is 0.0117. The molecule has 0 heterocycles. The smallest absolute Gasteiger partial charge is 0.383 e. The van der Waals surface area contributed by atoms with Crippen LogP contribution in [-0.2, 0) is 14.3 Å². The van der Waals surface area contributed by atoms with Gasteiger partial charge in [-0.05, 0) is 13.0 Å². The van der Waals surface area contributed by atoms with Crippen molar-refractivity contribution in [3.63, 3.8) is 0 Å². The Morgan fingerprint density at radius 2 is 1.94 bits per heavy atom. The molecule has 0 unspecified atom stereocenters. The van der Waals surface area contributed by atoms with Crippen LogP contribution in [0.25, 0.3) is 0 Å². The molecule has 0 bridgehead atoms. The van der Waals surface area contributed by atoms with E-state index in [0.29, 0.717) is 26.1 Å². The zero-order valence-corrected chi connectivity index (χ0v) is 10.3. The van der Waals surface area contributed by atoms with E-state index >= 15 is 0 Å². The summed E-state index contributed by atoms with van der Waals surface area (Å²) in [5.41, 5.74) is 0. The van der Waals surface area contributed by atoms with Crippen molar-refractivity contribution in [2.24, 2.45) is 0 Å².